The summed E-state index contributed by atoms with van der Waals surface area (Å²) in [6.45, 7) is 1.91. The zero-order valence-corrected chi connectivity index (χ0v) is 6.45. The molecule has 2 unspecified atom stereocenters. The van der Waals surface area contributed by atoms with Crippen LogP contribution < -0.4 is 5.73 Å². The molecule has 3 heteroatoms. The molecule has 0 bridgehead atoms. The zero-order valence-electron chi connectivity index (χ0n) is 5.63. The number of hydrogen-bond acceptors (Lipinski definition) is 3. The lowest BCUT2D eigenvalue weighted by atomic mass is 9.94. The van der Waals surface area contributed by atoms with Crippen LogP contribution in [-0.2, 0) is 0 Å². The lowest BCUT2D eigenvalue weighted by molar-refractivity contribution is 0.109. The van der Waals surface area contributed by atoms with E-state index >= 15 is 0 Å². The Bertz CT molecular complexity index is 105. The average molecular weight is 147 g/mol. The number of thioether (sulfide) groups is 1. The van der Waals surface area contributed by atoms with Gasteiger partial charge < -0.3 is 10.8 Å². The number of rotatable bonds is 0. The van der Waals surface area contributed by atoms with Gasteiger partial charge in [-0.05, 0) is 19.1 Å². The molecule has 1 heterocycles. The van der Waals surface area contributed by atoms with Gasteiger partial charge in [0.1, 0.15) is 0 Å². The van der Waals surface area contributed by atoms with Gasteiger partial charge in [-0.15, -0.1) is 0 Å². The molecule has 0 radical (unpaired) electrons. The zero-order chi connectivity index (χ0) is 6.91. The summed E-state index contributed by atoms with van der Waals surface area (Å²) in [7, 11) is 0. The molecule has 1 fully saturated rings. The second-order valence-electron chi connectivity index (χ2n) is 2.85. The van der Waals surface area contributed by atoms with Crippen molar-refractivity contribution in [3.05, 3.63) is 0 Å². The van der Waals surface area contributed by atoms with Crippen molar-refractivity contribution in [2.75, 3.05) is 11.5 Å². The highest BCUT2D eigenvalue weighted by atomic mass is 32.2. The normalized spacial score (nSPS) is 45.0. The maximum atomic E-state index is 9.29. The van der Waals surface area contributed by atoms with Crippen LogP contribution in [0.1, 0.15) is 13.3 Å². The second-order valence-corrected chi connectivity index (χ2v) is 4.00. The average Bonchev–Trinajstić information content (AvgIpc) is 1.77. The molecule has 0 aromatic heterocycles. The van der Waals surface area contributed by atoms with Gasteiger partial charge in [-0.1, -0.05) is 0 Å². The first-order valence-electron chi connectivity index (χ1n) is 3.17. The molecule has 0 aromatic rings. The standard InChI is InChI=1S/C6H13NOS/c1-6(7)2-3-9-4-5(6)8/h5,8H,2-4,7H2,1H3. The molecule has 0 saturated carbocycles. The number of aliphatic hydroxyl groups excluding tert-OH is 1. The third-order valence-corrected chi connectivity index (χ3v) is 2.87. The first-order chi connectivity index (χ1) is 4.13. The van der Waals surface area contributed by atoms with Gasteiger partial charge in [-0.25, -0.2) is 0 Å². The molecule has 1 aliphatic rings. The molecule has 1 saturated heterocycles. The lowest BCUT2D eigenvalue weighted by Crippen LogP contribution is -2.51. The predicted octanol–water partition coefficient (Wildman–Crippen LogP) is 0.202. The first-order valence-corrected chi connectivity index (χ1v) is 4.33. The Morgan fingerprint density at radius 3 is 2.78 bits per heavy atom. The second kappa shape index (κ2) is 2.48. The molecule has 9 heavy (non-hydrogen) atoms. The molecule has 2 nitrogen and oxygen atoms in total. The van der Waals surface area contributed by atoms with Crippen LogP contribution in [0.3, 0.4) is 0 Å². The Balaban J connectivity index is 2.49. The summed E-state index contributed by atoms with van der Waals surface area (Å²) in [6.07, 6.45) is 0.620. The van der Waals surface area contributed by atoms with Crippen LogP contribution in [0.2, 0.25) is 0 Å². The highest BCUT2D eigenvalue weighted by Gasteiger charge is 2.31. The van der Waals surface area contributed by atoms with Crippen molar-refractivity contribution in [2.45, 2.75) is 25.0 Å². The van der Waals surface area contributed by atoms with Gasteiger partial charge in [-0.3, -0.25) is 0 Å². The summed E-state index contributed by atoms with van der Waals surface area (Å²) in [5.41, 5.74) is 5.43. The number of hydrogen-bond donors (Lipinski definition) is 2. The smallest absolute Gasteiger partial charge is 0.0807 e. The predicted molar refractivity (Wildman–Crippen MR) is 40.5 cm³/mol. The van der Waals surface area contributed by atoms with Crippen molar-refractivity contribution >= 4 is 11.8 Å². The van der Waals surface area contributed by atoms with E-state index in [2.05, 4.69) is 0 Å². The van der Waals surface area contributed by atoms with E-state index in [0.717, 1.165) is 17.9 Å². The molecule has 2 atom stereocenters. The molecule has 1 rings (SSSR count). The summed E-state index contributed by atoms with van der Waals surface area (Å²) in [6, 6.07) is 0. The number of aliphatic hydroxyl groups is 1. The van der Waals surface area contributed by atoms with E-state index in [1.807, 2.05) is 6.92 Å². The monoisotopic (exact) mass is 147 g/mol. The van der Waals surface area contributed by atoms with Gasteiger partial charge in [0.2, 0.25) is 0 Å². The Labute approximate surface area is 59.8 Å². The third-order valence-electron chi connectivity index (χ3n) is 1.82. The molecule has 3 N–H and O–H groups in total. The Morgan fingerprint density at radius 1 is 1.78 bits per heavy atom. The molecule has 1 aliphatic heterocycles. The van der Waals surface area contributed by atoms with Gasteiger partial charge in [0.25, 0.3) is 0 Å². The fraction of sp³-hybridized carbons (Fsp3) is 1.00. The van der Waals surface area contributed by atoms with Crippen LogP contribution in [0.15, 0.2) is 0 Å². The van der Waals surface area contributed by atoms with Crippen molar-refractivity contribution < 1.29 is 5.11 Å². The molecule has 0 aromatic carbocycles. The molecule has 0 amide bonds. The summed E-state index contributed by atoms with van der Waals surface area (Å²) in [4.78, 5) is 0. The summed E-state index contributed by atoms with van der Waals surface area (Å²) in [5.74, 6) is 1.89. The van der Waals surface area contributed by atoms with E-state index in [1.165, 1.54) is 0 Å². The van der Waals surface area contributed by atoms with Crippen LogP contribution in [0.25, 0.3) is 0 Å². The quantitative estimate of drug-likeness (QED) is 0.514. The van der Waals surface area contributed by atoms with Crippen LogP contribution in [0, 0.1) is 0 Å². The Morgan fingerprint density at radius 2 is 2.44 bits per heavy atom. The van der Waals surface area contributed by atoms with Crippen molar-refractivity contribution in [3.63, 3.8) is 0 Å². The topological polar surface area (TPSA) is 46.2 Å². The molecular weight excluding hydrogens is 134 g/mol. The molecule has 0 spiro atoms. The van der Waals surface area contributed by atoms with Gasteiger partial charge in [0.15, 0.2) is 0 Å². The Kier molecular flexibility index (Phi) is 2.03. The highest BCUT2D eigenvalue weighted by Crippen LogP contribution is 2.24. The van der Waals surface area contributed by atoms with Crippen LogP contribution in [-0.4, -0.2) is 28.3 Å². The van der Waals surface area contributed by atoms with Crippen LogP contribution >= 0.6 is 11.8 Å². The van der Waals surface area contributed by atoms with E-state index in [4.69, 9.17) is 5.73 Å². The minimum atomic E-state index is -0.328. The van der Waals surface area contributed by atoms with E-state index in [9.17, 15) is 5.11 Å². The lowest BCUT2D eigenvalue weighted by Gasteiger charge is -2.34. The molecule has 0 aliphatic carbocycles. The number of nitrogens with two attached hydrogens (primary N) is 1. The fourth-order valence-electron chi connectivity index (χ4n) is 0.844. The van der Waals surface area contributed by atoms with E-state index < -0.39 is 0 Å². The van der Waals surface area contributed by atoms with E-state index in [0.29, 0.717) is 0 Å². The van der Waals surface area contributed by atoms with E-state index in [1.54, 1.807) is 11.8 Å². The Hall–Kier alpha value is 0.270. The van der Waals surface area contributed by atoms with Crippen LogP contribution in [0.4, 0.5) is 0 Å². The first kappa shape index (κ1) is 7.38. The van der Waals surface area contributed by atoms with Crippen molar-refractivity contribution in [1.82, 2.24) is 0 Å². The minimum Gasteiger partial charge on any atom is -0.390 e. The van der Waals surface area contributed by atoms with Gasteiger partial charge in [0, 0.05) is 11.3 Å². The fourth-order valence-corrected chi connectivity index (χ4v) is 2.20. The summed E-state index contributed by atoms with van der Waals surface area (Å²) in [5, 5.41) is 9.29. The third kappa shape index (κ3) is 1.60. The molecular formula is C6H13NOS. The van der Waals surface area contributed by atoms with Crippen molar-refractivity contribution in [3.8, 4) is 0 Å². The van der Waals surface area contributed by atoms with E-state index in [-0.39, 0.29) is 11.6 Å². The maximum Gasteiger partial charge on any atom is 0.0807 e. The summed E-state index contributed by atoms with van der Waals surface area (Å²) < 4.78 is 0. The maximum absolute atomic E-state index is 9.29. The van der Waals surface area contributed by atoms with Gasteiger partial charge in [-0.2, -0.15) is 11.8 Å². The van der Waals surface area contributed by atoms with Crippen molar-refractivity contribution in [2.24, 2.45) is 5.73 Å². The highest BCUT2D eigenvalue weighted by molar-refractivity contribution is 7.99. The summed E-state index contributed by atoms with van der Waals surface area (Å²) >= 11 is 1.78. The minimum absolute atomic E-state index is 0.309. The van der Waals surface area contributed by atoms with Gasteiger partial charge in [0.05, 0.1) is 6.10 Å². The van der Waals surface area contributed by atoms with Crippen LogP contribution in [0.5, 0.6) is 0 Å². The SMILES string of the molecule is CC1(N)CCSCC1O. The van der Waals surface area contributed by atoms with Crippen molar-refractivity contribution in [1.29, 1.82) is 0 Å². The molecule has 54 valence electrons. The largest absolute Gasteiger partial charge is 0.390 e. The van der Waals surface area contributed by atoms with Gasteiger partial charge >= 0.3 is 0 Å².